The second kappa shape index (κ2) is 51.4. The zero-order valence-electron chi connectivity index (χ0n) is 79.9. The molecule has 144 heavy (non-hydrogen) atoms. The molecule has 0 aliphatic carbocycles. The zero-order valence-corrected chi connectivity index (χ0v) is 84.7. The number of allylic oxidation sites excluding steroid dienone is 4. The van der Waals surface area contributed by atoms with Crippen molar-refractivity contribution in [2.24, 2.45) is 0 Å². The largest absolute Gasteiger partial charge is 0.474 e. The minimum atomic E-state index is -5.05. The van der Waals surface area contributed by atoms with E-state index in [0.717, 1.165) is 11.1 Å². The summed E-state index contributed by atoms with van der Waals surface area (Å²) in [6.07, 6.45) is -7.78. The number of nitrogens with one attached hydrogen (secondary N) is 1. The molecule has 0 fully saturated rings. The van der Waals surface area contributed by atoms with E-state index in [1.54, 1.807) is 204 Å². The summed E-state index contributed by atoms with van der Waals surface area (Å²) >= 11 is 10.0. The molecule has 0 spiro atoms. The van der Waals surface area contributed by atoms with E-state index in [2.05, 4.69) is 130 Å². The van der Waals surface area contributed by atoms with E-state index in [4.69, 9.17) is 55.9 Å². The van der Waals surface area contributed by atoms with E-state index >= 15 is 0 Å². The van der Waals surface area contributed by atoms with Gasteiger partial charge in [-0.3, -0.25) is 9.59 Å². The van der Waals surface area contributed by atoms with Crippen molar-refractivity contribution in [3.63, 3.8) is 0 Å². The molecule has 11 aromatic rings. The molecule has 9 heterocycles. The number of rotatable bonds is 33. The molecule has 8 bridgehead atoms. The number of esters is 1. The van der Waals surface area contributed by atoms with Crippen molar-refractivity contribution in [1.82, 2.24) is 55.8 Å². The Bertz CT molecular complexity index is 6220. The van der Waals surface area contributed by atoms with E-state index in [0.29, 0.717) is 84.2 Å². The Morgan fingerprint density at radius 2 is 0.896 bits per heavy atom. The van der Waals surface area contributed by atoms with E-state index < -0.39 is 127 Å². The van der Waals surface area contributed by atoms with Gasteiger partial charge in [-0.05, 0) is 201 Å². The van der Waals surface area contributed by atoms with Crippen LogP contribution in [0, 0.1) is 27.7 Å². The van der Waals surface area contributed by atoms with Crippen LogP contribution < -0.4 is 24.3 Å². The molecule has 0 saturated heterocycles. The molecule has 8 atom stereocenters. The Labute approximate surface area is 848 Å². The van der Waals surface area contributed by atoms with Crippen LogP contribution in [-0.4, -0.2) is 137 Å². The summed E-state index contributed by atoms with van der Waals surface area (Å²) in [7, 11) is 1.18. The molecule has 26 nitrogen and oxygen atoms in total. The number of nitrogens with zero attached hydrogens (tertiary/aromatic N) is 10. The molecule has 0 radical (unpaired) electrons. The number of alkyl halides is 12. The molecular weight excluding hydrogens is 2100 g/mol. The molecule has 2 aliphatic heterocycles. The third-order valence-electron chi connectivity index (χ3n) is 22.3. The van der Waals surface area contributed by atoms with Gasteiger partial charge in [0.05, 0.1) is 45.6 Å². The first-order valence-corrected chi connectivity index (χ1v) is 47.6. The third-order valence-corrected chi connectivity index (χ3v) is 24.1. The number of hydrogen-bond acceptors (Lipinski definition) is 25. The first-order chi connectivity index (χ1) is 68.4. The fourth-order valence-electron chi connectivity index (χ4n) is 14.4. The molecule has 7 aromatic heterocycles. The van der Waals surface area contributed by atoms with Crippen LogP contribution in [0.3, 0.4) is 0 Å². The summed E-state index contributed by atoms with van der Waals surface area (Å²) < 4.78 is 243. The van der Waals surface area contributed by atoms with Gasteiger partial charge in [-0.1, -0.05) is 170 Å². The maximum Gasteiger partial charge on any atom is 0.426 e. The summed E-state index contributed by atoms with van der Waals surface area (Å²) in [6, 6.07) is 40.5. The SMILES string of the molecule is C=CCC[C@@](OCc1ccccc1)(C(=O)NCC(=O)c1nc(O[C@H](C)CC=C)c(C)cc1Br)C(F)(F)F.C=CCC[C@@](OCc1ccccc1)(c1nnc(-c2nc(O[C@H](C)CC=C)c(C)cc2Br)o1)C(F)(F)F.COC(=O)c1cc(C)c2nc1-c1nnc(o1)[C@@](OCc1ccccc1)(C(F)(F)F)CCC=CC[C@@H](C)O2.Cc1cc(Br)c2nc1O[C@H](C)CC=CCC[C@](OCc1ccccc1)(C(F)(F)F)c1nnc-2o1. The molecule has 13 rings (SSSR count). The topological polar surface area (TPSA) is 315 Å². The predicted octanol–water partition coefficient (Wildman–Crippen LogP) is 26.2. The normalized spacial score (nSPS) is 17.2. The Hall–Kier alpha value is -12.4. The van der Waals surface area contributed by atoms with Crippen LogP contribution in [0.15, 0.2) is 247 Å². The van der Waals surface area contributed by atoms with Crippen molar-refractivity contribution in [2.45, 2.75) is 230 Å². The highest BCUT2D eigenvalue weighted by molar-refractivity contribution is 9.11. The molecule has 768 valence electrons. The van der Waals surface area contributed by atoms with Crippen molar-refractivity contribution >= 4 is 65.4 Å². The first-order valence-electron chi connectivity index (χ1n) is 45.2. The Morgan fingerprint density at radius 1 is 0.486 bits per heavy atom. The monoisotopic (exact) mass is 2200 g/mol. The minimum Gasteiger partial charge on any atom is -0.474 e. The molecule has 2 aliphatic rings. The van der Waals surface area contributed by atoms with Crippen molar-refractivity contribution in [3.05, 3.63) is 307 Å². The van der Waals surface area contributed by atoms with Gasteiger partial charge in [-0.15, -0.1) is 56.9 Å². The molecule has 4 aromatic carbocycles. The lowest BCUT2D eigenvalue weighted by Crippen LogP contribution is -2.59. The first kappa shape index (κ1) is 114. The average molecular weight is 2210 g/mol. The second-order valence-corrected chi connectivity index (χ2v) is 36.0. The lowest BCUT2D eigenvalue weighted by molar-refractivity contribution is -0.299. The fourth-order valence-corrected chi connectivity index (χ4v) is 16.3. The number of aromatic nitrogens is 10. The van der Waals surface area contributed by atoms with Crippen LogP contribution in [0.2, 0.25) is 0 Å². The highest BCUT2D eigenvalue weighted by Gasteiger charge is 2.65. The van der Waals surface area contributed by atoms with Crippen LogP contribution >= 0.6 is 47.8 Å². The number of hydrogen-bond donors (Lipinski definition) is 1. The van der Waals surface area contributed by atoms with Crippen molar-refractivity contribution < 1.29 is 123 Å². The number of methoxy groups -OCH3 is 1. The Morgan fingerprint density at radius 3 is 1.35 bits per heavy atom. The van der Waals surface area contributed by atoms with Crippen LogP contribution in [0.5, 0.6) is 23.5 Å². The minimum absolute atomic E-state index is 0.0116. The van der Waals surface area contributed by atoms with E-state index in [1.807, 2.05) is 27.7 Å². The Kier molecular flexibility index (Phi) is 40.5. The van der Waals surface area contributed by atoms with Gasteiger partial charge in [0, 0.05) is 61.4 Å². The summed E-state index contributed by atoms with van der Waals surface area (Å²) in [4.78, 5) is 55.9. The van der Waals surface area contributed by atoms with Crippen molar-refractivity contribution in [2.75, 3.05) is 13.7 Å². The number of pyridine rings is 4. The number of amides is 1. The van der Waals surface area contributed by atoms with Crippen LogP contribution in [-0.2, 0) is 71.7 Å². The average Bonchev–Trinajstić information content (AvgIpc) is 1.55. The number of Topliss-reactive ketones (excluding diaryl/α,β-unsaturated/α-hetero) is 1. The highest BCUT2D eigenvalue weighted by Crippen LogP contribution is 2.52. The smallest absolute Gasteiger partial charge is 0.426 e. The van der Waals surface area contributed by atoms with Gasteiger partial charge in [-0.2, -0.15) is 52.7 Å². The molecule has 41 heteroatoms. The number of halogens is 15. The van der Waals surface area contributed by atoms with Gasteiger partial charge in [0.2, 0.25) is 51.7 Å². The number of ketones is 1. The molecule has 0 saturated carbocycles. The standard InChI is InChI=1S/C27H30BrF3N2O4.C26H27BrF3N3O3.C26H26F3N3O5.C24H23BrF3N3O3/c1-5-7-14-26(27(29,30)31,36-17-20-12-9-8-10-13-20)25(35)32-16-22(34)23-21(28)15-18(3)24(33-23)37-19(4)11-6-2;1-5-7-14-25(26(28,29)30,34-16-19-12-9-8-10-13-19)24-33-32-23(36-24)21-20(27)15-17(3)22(31-21)35-18(4)11-6-2;1-16-14-19(23(33)34-3)20-22-31-32-24(37-22)25(26(27,28)29,35-15-18-11-7-4-8-12-18)13-9-5-6-10-17(2)36-21(16)30-20;1-15-13-18(25)19-21-30-31-22(34-21)23(24(26,27)28,32-14-17-10-6-3-7-11-17)12-8-4-5-9-16(2)33-20(15)29-19/h5-6,8-10,12-13,15,19H,1-2,7,11,14,16-17H2,3-4H3,(H,32,35);5-6,8-10,12-13,15,18H,1-2,7,11,14,16H2,3-4H3;4-8,11-12,14,17H,9-10,13,15H2,1-3H3;3-7,10-11,13,16H,8-9,12,14H2,1-2H3/t19-,26-;18-,25-;17-,25-;16-,23-/m1111/s1. The second-order valence-electron chi connectivity index (χ2n) is 33.5. The Balaban J connectivity index is 0.000000197. The lowest BCUT2D eigenvalue weighted by atomic mass is 9.94. The van der Waals surface area contributed by atoms with Gasteiger partial charge < -0.3 is 61.2 Å². The van der Waals surface area contributed by atoms with Gasteiger partial charge >= 0.3 is 30.7 Å². The number of aryl methyl sites for hydroxylation is 4. The number of benzene rings is 4. The highest BCUT2D eigenvalue weighted by atomic mass is 79.9. The number of carbonyl (C=O) groups is 3. The number of fused-ring (bicyclic) bond motifs is 10. The summed E-state index contributed by atoms with van der Waals surface area (Å²) in [5.74, 6) is -4.82. The predicted molar refractivity (Wildman–Crippen MR) is 519 cm³/mol. The third kappa shape index (κ3) is 29.1. The van der Waals surface area contributed by atoms with Gasteiger partial charge in [-0.25, -0.2) is 24.7 Å². The van der Waals surface area contributed by atoms with Gasteiger partial charge in [0.1, 0.15) is 47.2 Å². The van der Waals surface area contributed by atoms with Gasteiger partial charge in [0.15, 0.2) is 0 Å². The van der Waals surface area contributed by atoms with Crippen molar-refractivity contribution in [3.8, 4) is 58.3 Å². The summed E-state index contributed by atoms with van der Waals surface area (Å²) in [6.45, 7) is 26.7. The van der Waals surface area contributed by atoms with Crippen LogP contribution in [0.4, 0.5) is 52.7 Å². The van der Waals surface area contributed by atoms with E-state index in [-0.39, 0.29) is 122 Å². The van der Waals surface area contributed by atoms with E-state index in [1.165, 1.54) is 25.3 Å². The van der Waals surface area contributed by atoms with Crippen LogP contribution in [0.25, 0.3) is 34.8 Å². The number of ether oxygens (including phenoxy) is 9. The van der Waals surface area contributed by atoms with Gasteiger partial charge in [0.25, 0.3) is 41.3 Å². The van der Waals surface area contributed by atoms with Crippen LogP contribution in [0.1, 0.15) is 188 Å². The maximum atomic E-state index is 14.8. The molecule has 0 unspecified atom stereocenters. The molecule has 1 N–H and O–H groups in total. The molecular formula is C103H106Br3F12N11O15. The van der Waals surface area contributed by atoms with Crippen molar-refractivity contribution in [1.29, 1.82) is 0 Å². The summed E-state index contributed by atoms with van der Waals surface area (Å²) in [5, 5.41) is 25.0. The lowest BCUT2D eigenvalue weighted by Gasteiger charge is -2.34. The maximum absolute atomic E-state index is 14.8. The summed E-state index contributed by atoms with van der Waals surface area (Å²) in [5.41, 5.74) is -6.79. The molecule has 1 amide bonds. The fraction of sp³-hybridized carbons (Fsp3) is 0.369. The van der Waals surface area contributed by atoms with E-state index in [9.17, 15) is 67.1 Å². The number of carbonyl (C=O) groups excluding carboxylic acids is 3. The zero-order chi connectivity index (χ0) is 105. The quantitative estimate of drug-likeness (QED) is 0.0173.